The number of allylic oxidation sites excluding steroid dienone is 5. The first-order chi connectivity index (χ1) is 7.36. The Labute approximate surface area is 88.0 Å². The van der Waals surface area contributed by atoms with E-state index in [1.807, 2.05) is 42.5 Å². The summed E-state index contributed by atoms with van der Waals surface area (Å²) >= 11 is 0. The van der Waals surface area contributed by atoms with Gasteiger partial charge in [-0.15, -0.1) is 0 Å². The van der Waals surface area contributed by atoms with Gasteiger partial charge in [0.15, 0.2) is 0 Å². The SMILES string of the molecule is O=C(N=C=C1C=CC=C1)c1ccccc1. The highest BCUT2D eigenvalue weighted by atomic mass is 16.1. The summed E-state index contributed by atoms with van der Waals surface area (Å²) in [4.78, 5) is 15.3. The lowest BCUT2D eigenvalue weighted by atomic mass is 10.2. The van der Waals surface area contributed by atoms with Gasteiger partial charge in [0.05, 0.1) is 0 Å². The van der Waals surface area contributed by atoms with Crippen LogP contribution in [0.2, 0.25) is 0 Å². The van der Waals surface area contributed by atoms with Gasteiger partial charge in [-0.3, -0.25) is 4.79 Å². The van der Waals surface area contributed by atoms with Crippen molar-refractivity contribution in [1.29, 1.82) is 0 Å². The van der Waals surface area contributed by atoms with Crippen molar-refractivity contribution in [3.05, 3.63) is 65.8 Å². The molecule has 0 aromatic heterocycles. The van der Waals surface area contributed by atoms with Crippen molar-refractivity contribution in [2.75, 3.05) is 0 Å². The lowest BCUT2D eigenvalue weighted by Gasteiger charge is -1.90. The van der Waals surface area contributed by atoms with Crippen LogP contribution >= 0.6 is 0 Å². The molecule has 2 rings (SSSR count). The predicted molar refractivity (Wildman–Crippen MR) is 60.0 cm³/mol. The minimum absolute atomic E-state index is 0.267. The van der Waals surface area contributed by atoms with Crippen LogP contribution in [0.15, 0.2) is 65.2 Å². The van der Waals surface area contributed by atoms with Crippen molar-refractivity contribution in [3.8, 4) is 0 Å². The Morgan fingerprint density at radius 3 is 2.40 bits per heavy atom. The second-order valence-corrected chi connectivity index (χ2v) is 3.07. The van der Waals surface area contributed by atoms with E-state index in [0.29, 0.717) is 5.56 Å². The monoisotopic (exact) mass is 195 g/mol. The van der Waals surface area contributed by atoms with E-state index in [4.69, 9.17) is 0 Å². The molecule has 0 atom stereocenters. The minimum atomic E-state index is -0.267. The molecule has 1 amide bonds. The second kappa shape index (κ2) is 4.36. The summed E-state index contributed by atoms with van der Waals surface area (Å²) in [5, 5.41) is 0. The zero-order valence-corrected chi connectivity index (χ0v) is 8.05. The van der Waals surface area contributed by atoms with Gasteiger partial charge in [0.1, 0.15) is 0 Å². The van der Waals surface area contributed by atoms with Crippen LogP contribution in [0.3, 0.4) is 0 Å². The van der Waals surface area contributed by atoms with E-state index in [1.165, 1.54) is 0 Å². The van der Waals surface area contributed by atoms with Gasteiger partial charge in [0, 0.05) is 11.1 Å². The second-order valence-electron chi connectivity index (χ2n) is 3.07. The lowest BCUT2D eigenvalue weighted by molar-refractivity contribution is 0.100. The van der Waals surface area contributed by atoms with E-state index in [1.54, 1.807) is 12.1 Å². The maximum atomic E-state index is 11.5. The van der Waals surface area contributed by atoms with Crippen LogP contribution < -0.4 is 0 Å². The van der Waals surface area contributed by atoms with Crippen molar-refractivity contribution in [1.82, 2.24) is 0 Å². The molecule has 0 fully saturated rings. The van der Waals surface area contributed by atoms with E-state index in [0.717, 1.165) is 5.57 Å². The Kier molecular flexibility index (Phi) is 2.72. The van der Waals surface area contributed by atoms with E-state index >= 15 is 0 Å². The highest BCUT2D eigenvalue weighted by molar-refractivity contribution is 5.98. The zero-order valence-electron chi connectivity index (χ0n) is 8.05. The third-order valence-corrected chi connectivity index (χ3v) is 1.97. The molecule has 0 saturated heterocycles. The summed E-state index contributed by atoms with van der Waals surface area (Å²) < 4.78 is 0. The molecular formula is C13H9NO. The summed E-state index contributed by atoms with van der Waals surface area (Å²) in [6.07, 6.45) is 7.46. The van der Waals surface area contributed by atoms with Crippen LogP contribution in [0.4, 0.5) is 0 Å². The fourth-order valence-corrected chi connectivity index (χ4v) is 1.21. The number of carbonyl (C=O) groups excluding carboxylic acids is 1. The maximum absolute atomic E-state index is 11.5. The van der Waals surface area contributed by atoms with E-state index < -0.39 is 0 Å². The third-order valence-electron chi connectivity index (χ3n) is 1.97. The number of nitrogens with zero attached hydrogens (tertiary/aromatic N) is 1. The van der Waals surface area contributed by atoms with E-state index in [9.17, 15) is 4.79 Å². The Morgan fingerprint density at radius 2 is 1.73 bits per heavy atom. The van der Waals surface area contributed by atoms with E-state index in [-0.39, 0.29) is 5.91 Å². The molecular weight excluding hydrogens is 186 g/mol. The normalized spacial score (nSPS) is 12.7. The molecule has 1 aliphatic carbocycles. The molecule has 15 heavy (non-hydrogen) atoms. The predicted octanol–water partition coefficient (Wildman–Crippen LogP) is 2.55. The van der Waals surface area contributed by atoms with Crippen LogP contribution in [0, 0.1) is 0 Å². The quantitative estimate of drug-likeness (QED) is 0.633. The molecule has 2 heteroatoms. The summed E-state index contributed by atoms with van der Waals surface area (Å²) in [5.74, 6) is 2.43. The third kappa shape index (κ3) is 2.39. The summed E-state index contributed by atoms with van der Waals surface area (Å²) in [6, 6.07) is 8.95. The smallest absolute Gasteiger partial charge is 0.266 e. The molecule has 0 aliphatic heterocycles. The van der Waals surface area contributed by atoms with Gasteiger partial charge >= 0.3 is 0 Å². The maximum Gasteiger partial charge on any atom is 0.285 e. The summed E-state index contributed by atoms with van der Waals surface area (Å²) in [5.41, 5.74) is 1.40. The van der Waals surface area contributed by atoms with Crippen LogP contribution in [0.5, 0.6) is 0 Å². The Hall–Kier alpha value is -2.18. The number of hydrogen-bond donors (Lipinski definition) is 0. The van der Waals surface area contributed by atoms with Gasteiger partial charge in [-0.05, 0) is 30.2 Å². The zero-order chi connectivity index (χ0) is 10.5. The lowest BCUT2D eigenvalue weighted by Crippen LogP contribution is -1.92. The Balaban J connectivity index is 2.21. The number of rotatable bonds is 1. The van der Waals surface area contributed by atoms with Gasteiger partial charge in [0.25, 0.3) is 5.91 Å². The molecule has 0 spiro atoms. The highest BCUT2D eigenvalue weighted by Gasteiger charge is 2.00. The van der Waals surface area contributed by atoms with Crippen molar-refractivity contribution >= 4 is 11.8 Å². The van der Waals surface area contributed by atoms with Crippen LogP contribution in [0.1, 0.15) is 10.4 Å². The molecule has 72 valence electrons. The number of amides is 1. The first-order valence-electron chi connectivity index (χ1n) is 4.64. The van der Waals surface area contributed by atoms with Gasteiger partial charge in [-0.25, -0.2) is 0 Å². The standard InChI is InChI=1S/C13H9NO/c15-13(12-8-2-1-3-9-12)14-10-11-6-4-5-7-11/h1-9H. The Bertz CT molecular complexity index is 475. The van der Waals surface area contributed by atoms with Crippen molar-refractivity contribution in [2.45, 2.75) is 0 Å². The molecule has 0 unspecified atom stereocenters. The Morgan fingerprint density at radius 1 is 1.07 bits per heavy atom. The molecule has 2 nitrogen and oxygen atoms in total. The highest BCUT2D eigenvalue weighted by Crippen LogP contribution is 2.03. The van der Waals surface area contributed by atoms with E-state index in [2.05, 4.69) is 10.9 Å². The van der Waals surface area contributed by atoms with Gasteiger partial charge in [-0.1, -0.05) is 30.4 Å². The number of carbonyl (C=O) groups is 1. The molecule has 0 bridgehead atoms. The molecule has 0 N–H and O–H groups in total. The molecule has 0 heterocycles. The molecule has 1 aromatic rings. The fourth-order valence-electron chi connectivity index (χ4n) is 1.21. The van der Waals surface area contributed by atoms with Crippen LogP contribution in [0.25, 0.3) is 0 Å². The fraction of sp³-hybridized carbons (Fsp3) is 0. The summed E-state index contributed by atoms with van der Waals surface area (Å²) in [6.45, 7) is 0. The molecule has 1 aliphatic rings. The first-order valence-corrected chi connectivity index (χ1v) is 4.64. The average Bonchev–Trinajstić information content (AvgIpc) is 2.80. The number of hydrogen-bond acceptors (Lipinski definition) is 1. The molecule has 0 saturated carbocycles. The van der Waals surface area contributed by atoms with Gasteiger partial charge in [0.2, 0.25) is 0 Å². The van der Waals surface area contributed by atoms with Crippen LogP contribution in [-0.2, 0) is 0 Å². The summed E-state index contributed by atoms with van der Waals surface area (Å²) in [7, 11) is 0. The number of aliphatic imine (C=N–C) groups is 1. The largest absolute Gasteiger partial charge is 0.285 e. The van der Waals surface area contributed by atoms with Gasteiger partial charge < -0.3 is 0 Å². The topological polar surface area (TPSA) is 29.4 Å². The number of benzene rings is 1. The van der Waals surface area contributed by atoms with Crippen LogP contribution in [-0.4, -0.2) is 11.8 Å². The average molecular weight is 195 g/mol. The van der Waals surface area contributed by atoms with Gasteiger partial charge in [-0.2, -0.15) is 4.99 Å². The molecule has 0 radical (unpaired) electrons. The minimum Gasteiger partial charge on any atom is -0.266 e. The van der Waals surface area contributed by atoms with Crippen molar-refractivity contribution < 1.29 is 4.79 Å². The molecule has 1 aromatic carbocycles. The first kappa shape index (κ1) is 9.38. The van der Waals surface area contributed by atoms with Crippen molar-refractivity contribution in [2.24, 2.45) is 4.99 Å². The van der Waals surface area contributed by atoms with Crippen molar-refractivity contribution in [3.63, 3.8) is 0 Å².